The Balaban J connectivity index is 1.88. The number of carbonyl (C=O) groups is 1. The maximum atomic E-state index is 12.0. The van der Waals surface area contributed by atoms with Crippen molar-refractivity contribution in [1.29, 1.82) is 0 Å². The number of hydrogen-bond acceptors (Lipinski definition) is 4. The fourth-order valence-corrected chi connectivity index (χ4v) is 3.50. The zero-order valence-corrected chi connectivity index (χ0v) is 13.7. The van der Waals surface area contributed by atoms with Crippen molar-refractivity contribution >= 4 is 15.9 Å². The number of rotatable bonds is 6. The highest BCUT2D eigenvalue weighted by molar-refractivity contribution is 7.89. The topological polar surface area (TPSA) is 89.7 Å². The number of nitrogens with zero attached hydrogens (tertiary/aromatic N) is 1. The van der Waals surface area contributed by atoms with Crippen LogP contribution >= 0.6 is 0 Å². The second kappa shape index (κ2) is 6.66. The third-order valence-corrected chi connectivity index (χ3v) is 4.69. The molecule has 2 rings (SSSR count). The number of carbonyl (C=O) groups excluding carboxylic acids is 1. The molecule has 2 unspecified atom stereocenters. The van der Waals surface area contributed by atoms with Crippen LogP contribution in [0.25, 0.3) is 0 Å². The molecule has 0 saturated carbocycles. The number of primary sulfonamides is 1. The first-order valence-electron chi connectivity index (χ1n) is 7.24. The van der Waals surface area contributed by atoms with Crippen molar-refractivity contribution in [2.45, 2.75) is 26.3 Å². The third kappa shape index (κ3) is 4.71. The van der Waals surface area contributed by atoms with Crippen LogP contribution in [0, 0.1) is 12.8 Å². The molecule has 1 aliphatic heterocycles. The first-order valence-corrected chi connectivity index (χ1v) is 8.95. The van der Waals surface area contributed by atoms with E-state index in [1.807, 2.05) is 38.1 Å². The summed E-state index contributed by atoms with van der Waals surface area (Å²) in [5, 5.41) is 5.05. The molecule has 2 atom stereocenters. The minimum Gasteiger partial charge on any atom is -0.491 e. The largest absolute Gasteiger partial charge is 0.491 e. The first-order chi connectivity index (χ1) is 10.2. The first kappa shape index (κ1) is 16.8. The molecule has 1 aliphatic rings. The van der Waals surface area contributed by atoms with Crippen molar-refractivity contribution in [3.63, 3.8) is 0 Å². The zero-order chi connectivity index (χ0) is 16.3. The van der Waals surface area contributed by atoms with Crippen molar-refractivity contribution in [1.82, 2.24) is 4.90 Å². The lowest BCUT2D eigenvalue weighted by molar-refractivity contribution is -0.129. The molecule has 0 radical (unpaired) electrons. The second-order valence-electron chi connectivity index (χ2n) is 5.92. The Bertz CT molecular complexity index is 627. The Morgan fingerprint density at radius 1 is 1.36 bits per heavy atom. The Kier molecular flexibility index (Phi) is 5.08. The van der Waals surface area contributed by atoms with E-state index in [4.69, 9.17) is 9.88 Å². The normalized spacial score (nSPS) is 20.2. The van der Waals surface area contributed by atoms with Gasteiger partial charge in [-0.1, -0.05) is 17.7 Å². The van der Waals surface area contributed by atoms with Crippen molar-refractivity contribution in [2.24, 2.45) is 11.1 Å². The van der Waals surface area contributed by atoms with Crippen LogP contribution in [0.2, 0.25) is 0 Å². The summed E-state index contributed by atoms with van der Waals surface area (Å²) in [6.45, 7) is 4.68. The monoisotopic (exact) mass is 326 g/mol. The molecule has 0 aliphatic carbocycles. The number of benzene rings is 1. The number of amides is 1. The fourth-order valence-electron chi connectivity index (χ4n) is 2.62. The van der Waals surface area contributed by atoms with E-state index >= 15 is 0 Å². The maximum absolute atomic E-state index is 12.0. The zero-order valence-electron chi connectivity index (χ0n) is 12.9. The molecule has 1 heterocycles. The molecule has 122 valence electrons. The maximum Gasteiger partial charge on any atom is 0.223 e. The van der Waals surface area contributed by atoms with E-state index < -0.39 is 10.0 Å². The fraction of sp³-hybridized carbons (Fsp3) is 0.533. The molecular formula is C15H22N2O4S. The van der Waals surface area contributed by atoms with Crippen LogP contribution in [0.4, 0.5) is 0 Å². The van der Waals surface area contributed by atoms with Gasteiger partial charge < -0.3 is 9.64 Å². The van der Waals surface area contributed by atoms with Crippen LogP contribution < -0.4 is 9.88 Å². The van der Waals surface area contributed by atoms with Crippen LogP contribution in [0.5, 0.6) is 5.75 Å². The van der Waals surface area contributed by atoms with Crippen molar-refractivity contribution < 1.29 is 17.9 Å². The van der Waals surface area contributed by atoms with Gasteiger partial charge in [-0.25, -0.2) is 13.6 Å². The van der Waals surface area contributed by atoms with E-state index in [0.29, 0.717) is 13.2 Å². The average molecular weight is 326 g/mol. The summed E-state index contributed by atoms with van der Waals surface area (Å²) in [6, 6.07) is 7.58. The molecule has 1 aromatic rings. The molecule has 1 saturated heterocycles. The van der Waals surface area contributed by atoms with E-state index in [9.17, 15) is 13.2 Å². The summed E-state index contributed by atoms with van der Waals surface area (Å²) in [7, 11) is -3.55. The standard InChI is InChI=1S/C15H22N2O4S/c1-11-3-5-14(6-4-11)21-9-12(2)17-8-13(7-15(17)18)10-22(16,19)20/h3-6,12-13H,7-10H2,1-2H3,(H2,16,19,20). The highest BCUT2D eigenvalue weighted by atomic mass is 32.2. The van der Waals surface area contributed by atoms with E-state index in [1.165, 1.54) is 0 Å². The Morgan fingerprint density at radius 2 is 2.00 bits per heavy atom. The minimum absolute atomic E-state index is 0.0475. The van der Waals surface area contributed by atoms with E-state index in [2.05, 4.69) is 0 Å². The summed E-state index contributed by atoms with van der Waals surface area (Å²) < 4.78 is 27.9. The summed E-state index contributed by atoms with van der Waals surface area (Å²) in [5.41, 5.74) is 1.15. The summed E-state index contributed by atoms with van der Waals surface area (Å²) in [5.74, 6) is 0.323. The van der Waals surface area contributed by atoms with Gasteiger partial charge in [-0.2, -0.15) is 0 Å². The Hall–Kier alpha value is -1.60. The van der Waals surface area contributed by atoms with Gasteiger partial charge in [0.1, 0.15) is 12.4 Å². The van der Waals surface area contributed by atoms with Crippen LogP contribution in [-0.2, 0) is 14.8 Å². The average Bonchev–Trinajstić information content (AvgIpc) is 2.76. The molecule has 22 heavy (non-hydrogen) atoms. The lowest BCUT2D eigenvalue weighted by Crippen LogP contribution is -2.39. The Morgan fingerprint density at radius 3 is 2.59 bits per heavy atom. The molecule has 1 aromatic carbocycles. The van der Waals surface area contributed by atoms with Crippen LogP contribution in [0.15, 0.2) is 24.3 Å². The lowest BCUT2D eigenvalue weighted by Gasteiger charge is -2.25. The molecule has 0 spiro atoms. The second-order valence-corrected chi connectivity index (χ2v) is 7.58. The summed E-state index contributed by atoms with van der Waals surface area (Å²) in [4.78, 5) is 13.7. The molecule has 0 bridgehead atoms. The van der Waals surface area contributed by atoms with Crippen molar-refractivity contribution in [2.75, 3.05) is 18.9 Å². The number of nitrogens with two attached hydrogens (primary N) is 1. The van der Waals surface area contributed by atoms with Crippen LogP contribution in [0.3, 0.4) is 0 Å². The highest BCUT2D eigenvalue weighted by Crippen LogP contribution is 2.22. The SMILES string of the molecule is Cc1ccc(OCC(C)N2CC(CS(N)(=O)=O)CC2=O)cc1. The molecule has 1 amide bonds. The molecule has 2 N–H and O–H groups in total. The quantitative estimate of drug-likeness (QED) is 0.841. The van der Waals surface area contributed by atoms with Gasteiger partial charge in [-0.15, -0.1) is 0 Å². The summed E-state index contributed by atoms with van der Waals surface area (Å²) >= 11 is 0. The van der Waals surface area contributed by atoms with Crippen LogP contribution in [-0.4, -0.2) is 44.2 Å². The smallest absolute Gasteiger partial charge is 0.223 e. The lowest BCUT2D eigenvalue weighted by atomic mass is 10.1. The third-order valence-electron chi connectivity index (χ3n) is 3.75. The number of aryl methyl sites for hydroxylation is 1. The van der Waals surface area contributed by atoms with Gasteiger partial charge in [0, 0.05) is 18.9 Å². The van der Waals surface area contributed by atoms with Gasteiger partial charge in [-0.05, 0) is 26.0 Å². The van der Waals surface area contributed by atoms with Gasteiger partial charge in [-0.3, -0.25) is 4.79 Å². The van der Waals surface area contributed by atoms with Gasteiger partial charge >= 0.3 is 0 Å². The van der Waals surface area contributed by atoms with Crippen molar-refractivity contribution in [3.8, 4) is 5.75 Å². The molecule has 7 heteroatoms. The number of sulfonamides is 1. The predicted molar refractivity (Wildman–Crippen MR) is 83.9 cm³/mol. The van der Waals surface area contributed by atoms with E-state index in [1.54, 1.807) is 4.90 Å². The van der Waals surface area contributed by atoms with Gasteiger partial charge in [0.2, 0.25) is 15.9 Å². The van der Waals surface area contributed by atoms with E-state index in [-0.39, 0.29) is 30.0 Å². The summed E-state index contributed by atoms with van der Waals surface area (Å²) in [6.07, 6.45) is 0.227. The minimum atomic E-state index is -3.55. The Labute approximate surface area is 131 Å². The van der Waals surface area contributed by atoms with Gasteiger partial charge in [0.25, 0.3) is 0 Å². The number of hydrogen-bond donors (Lipinski definition) is 1. The van der Waals surface area contributed by atoms with Gasteiger partial charge in [0.15, 0.2) is 0 Å². The van der Waals surface area contributed by atoms with E-state index in [0.717, 1.165) is 11.3 Å². The number of ether oxygens (including phenoxy) is 1. The van der Waals surface area contributed by atoms with Crippen molar-refractivity contribution in [3.05, 3.63) is 29.8 Å². The van der Waals surface area contributed by atoms with Gasteiger partial charge in [0.05, 0.1) is 11.8 Å². The molecule has 1 fully saturated rings. The molecule has 0 aromatic heterocycles. The predicted octanol–water partition coefficient (Wildman–Crippen LogP) is 0.899. The van der Waals surface area contributed by atoms with Crippen LogP contribution in [0.1, 0.15) is 18.9 Å². The molecule has 6 nitrogen and oxygen atoms in total. The highest BCUT2D eigenvalue weighted by Gasteiger charge is 2.34. The molecular weight excluding hydrogens is 304 g/mol. The number of likely N-dealkylation sites (tertiary alicyclic amines) is 1.